The summed E-state index contributed by atoms with van der Waals surface area (Å²) in [5, 5.41) is 2.94. The zero-order chi connectivity index (χ0) is 11.7. The van der Waals surface area contributed by atoms with Gasteiger partial charge >= 0.3 is 6.03 Å². The molecule has 0 spiro atoms. The topological polar surface area (TPSA) is 41.6 Å². The van der Waals surface area contributed by atoms with Gasteiger partial charge < -0.3 is 15.0 Å². The molecule has 2 heterocycles. The van der Waals surface area contributed by atoms with E-state index >= 15 is 0 Å². The fraction of sp³-hybridized carbons (Fsp3) is 0.462. The van der Waals surface area contributed by atoms with Gasteiger partial charge in [0.2, 0.25) is 0 Å². The average molecular weight is 232 g/mol. The van der Waals surface area contributed by atoms with E-state index in [4.69, 9.17) is 4.74 Å². The van der Waals surface area contributed by atoms with Crippen molar-refractivity contribution in [3.63, 3.8) is 0 Å². The van der Waals surface area contributed by atoms with Gasteiger partial charge in [-0.15, -0.1) is 0 Å². The summed E-state index contributed by atoms with van der Waals surface area (Å²) in [5.74, 6) is 0.989. The van der Waals surface area contributed by atoms with Crippen molar-refractivity contribution in [3.05, 3.63) is 29.3 Å². The van der Waals surface area contributed by atoms with Gasteiger partial charge in [-0.2, -0.15) is 0 Å². The predicted octanol–water partition coefficient (Wildman–Crippen LogP) is 1.54. The van der Waals surface area contributed by atoms with E-state index in [9.17, 15) is 4.79 Å². The molecule has 1 fully saturated rings. The summed E-state index contributed by atoms with van der Waals surface area (Å²) in [7, 11) is 0. The van der Waals surface area contributed by atoms with Crippen molar-refractivity contribution in [2.75, 3.05) is 19.7 Å². The van der Waals surface area contributed by atoms with E-state index in [-0.39, 0.29) is 6.03 Å². The number of nitrogens with one attached hydrogen (secondary N) is 1. The number of likely N-dealkylation sites (tertiary alicyclic amines) is 1. The molecule has 17 heavy (non-hydrogen) atoms. The molecule has 2 aliphatic rings. The van der Waals surface area contributed by atoms with Crippen molar-refractivity contribution < 1.29 is 9.53 Å². The number of rotatable bonds is 2. The highest BCUT2D eigenvalue weighted by molar-refractivity contribution is 5.74. The summed E-state index contributed by atoms with van der Waals surface area (Å²) in [6, 6.07) is 6.18. The molecule has 1 aromatic rings. The number of nitrogens with zero attached hydrogens (tertiary/aromatic N) is 1. The first-order chi connectivity index (χ1) is 8.33. The Balaban J connectivity index is 1.59. The molecule has 0 aliphatic carbocycles. The largest absolute Gasteiger partial charge is 0.493 e. The fourth-order valence-corrected chi connectivity index (χ4v) is 2.16. The molecule has 0 atom stereocenters. The third-order valence-corrected chi connectivity index (χ3v) is 3.34. The summed E-state index contributed by atoms with van der Waals surface area (Å²) in [4.78, 5) is 13.5. The van der Waals surface area contributed by atoms with Crippen LogP contribution < -0.4 is 10.1 Å². The second-order valence-corrected chi connectivity index (χ2v) is 4.54. The molecule has 1 saturated heterocycles. The molecule has 90 valence electrons. The van der Waals surface area contributed by atoms with Crippen molar-refractivity contribution in [2.24, 2.45) is 0 Å². The number of benzene rings is 1. The minimum absolute atomic E-state index is 0.0491. The third-order valence-electron chi connectivity index (χ3n) is 3.34. The number of carbonyl (C=O) groups is 1. The number of fused-ring (bicyclic) bond motifs is 1. The van der Waals surface area contributed by atoms with E-state index in [0.29, 0.717) is 6.54 Å². The van der Waals surface area contributed by atoms with Gasteiger partial charge in [0.15, 0.2) is 0 Å². The Morgan fingerprint density at radius 1 is 1.41 bits per heavy atom. The van der Waals surface area contributed by atoms with Crippen molar-refractivity contribution in [3.8, 4) is 5.75 Å². The molecule has 0 bridgehead atoms. The molecule has 2 aliphatic heterocycles. The summed E-state index contributed by atoms with van der Waals surface area (Å²) < 4.78 is 5.45. The number of hydrogen-bond donors (Lipinski definition) is 1. The zero-order valence-corrected chi connectivity index (χ0v) is 9.74. The molecular formula is C13H16N2O2. The van der Waals surface area contributed by atoms with Crippen LogP contribution in [0.25, 0.3) is 0 Å². The molecule has 1 N–H and O–H groups in total. The van der Waals surface area contributed by atoms with E-state index in [2.05, 4.69) is 11.4 Å². The molecule has 3 rings (SSSR count). The highest BCUT2D eigenvalue weighted by Gasteiger charge is 2.19. The van der Waals surface area contributed by atoms with Crippen LogP contribution in [-0.4, -0.2) is 30.6 Å². The van der Waals surface area contributed by atoms with Crippen LogP contribution in [0.15, 0.2) is 18.2 Å². The maximum Gasteiger partial charge on any atom is 0.317 e. The summed E-state index contributed by atoms with van der Waals surface area (Å²) in [6.45, 7) is 3.16. The summed E-state index contributed by atoms with van der Waals surface area (Å²) in [5.41, 5.74) is 2.39. The van der Waals surface area contributed by atoms with E-state index in [1.54, 1.807) is 0 Å². The lowest BCUT2D eigenvalue weighted by atomic mass is 10.1. The van der Waals surface area contributed by atoms with Gasteiger partial charge in [0.1, 0.15) is 5.75 Å². The number of urea groups is 1. The minimum atomic E-state index is 0.0491. The molecule has 0 radical (unpaired) electrons. The minimum Gasteiger partial charge on any atom is -0.493 e. The van der Waals surface area contributed by atoms with Gasteiger partial charge in [0.25, 0.3) is 0 Å². The third kappa shape index (κ3) is 2.07. The quantitative estimate of drug-likeness (QED) is 0.840. The van der Waals surface area contributed by atoms with Crippen LogP contribution in [0.3, 0.4) is 0 Å². The Morgan fingerprint density at radius 3 is 3.06 bits per heavy atom. The van der Waals surface area contributed by atoms with E-state index < -0.39 is 0 Å². The Kier molecular flexibility index (Phi) is 2.63. The van der Waals surface area contributed by atoms with Crippen molar-refractivity contribution >= 4 is 6.03 Å². The van der Waals surface area contributed by atoms with Crippen LogP contribution in [0.5, 0.6) is 5.75 Å². The predicted molar refractivity (Wildman–Crippen MR) is 64.1 cm³/mol. The van der Waals surface area contributed by atoms with Gasteiger partial charge in [0, 0.05) is 26.1 Å². The Labute approximate surface area is 101 Å². The van der Waals surface area contributed by atoms with E-state index in [1.165, 1.54) is 5.56 Å². The Bertz CT molecular complexity index is 441. The smallest absolute Gasteiger partial charge is 0.317 e. The van der Waals surface area contributed by atoms with Crippen molar-refractivity contribution in [1.82, 2.24) is 10.2 Å². The Morgan fingerprint density at radius 2 is 2.29 bits per heavy atom. The second kappa shape index (κ2) is 4.28. The highest BCUT2D eigenvalue weighted by atomic mass is 16.5. The Hall–Kier alpha value is -1.71. The van der Waals surface area contributed by atoms with Crippen LogP contribution in [0.1, 0.15) is 17.5 Å². The van der Waals surface area contributed by atoms with Crippen LogP contribution in [0.2, 0.25) is 0 Å². The lowest BCUT2D eigenvalue weighted by Gasteiger charge is -2.30. The molecule has 0 unspecified atom stereocenters. The van der Waals surface area contributed by atoms with Crippen LogP contribution in [0.4, 0.5) is 4.79 Å². The molecule has 1 aromatic carbocycles. The zero-order valence-electron chi connectivity index (χ0n) is 9.74. The van der Waals surface area contributed by atoms with Crippen molar-refractivity contribution in [2.45, 2.75) is 19.4 Å². The number of amides is 2. The van der Waals surface area contributed by atoms with Gasteiger partial charge in [0.05, 0.1) is 6.61 Å². The fourth-order valence-electron chi connectivity index (χ4n) is 2.16. The number of hydrogen-bond acceptors (Lipinski definition) is 2. The van der Waals surface area contributed by atoms with Gasteiger partial charge in [-0.1, -0.05) is 12.1 Å². The SMILES string of the molecule is O=C(NCc1ccc2c(c1)CCO2)N1CCC1. The lowest BCUT2D eigenvalue weighted by Crippen LogP contribution is -2.47. The number of ether oxygens (including phenoxy) is 1. The molecule has 2 amide bonds. The number of carbonyl (C=O) groups excluding carboxylic acids is 1. The summed E-state index contributed by atoms with van der Waals surface area (Å²) in [6.07, 6.45) is 2.10. The van der Waals surface area contributed by atoms with Crippen molar-refractivity contribution in [1.29, 1.82) is 0 Å². The van der Waals surface area contributed by atoms with E-state index in [1.807, 2.05) is 17.0 Å². The summed E-state index contributed by atoms with van der Waals surface area (Å²) >= 11 is 0. The molecule has 4 heteroatoms. The first kappa shape index (κ1) is 10.4. The highest BCUT2D eigenvalue weighted by Crippen LogP contribution is 2.25. The average Bonchev–Trinajstić information content (AvgIpc) is 2.71. The molecule has 4 nitrogen and oxygen atoms in total. The molecule has 0 saturated carbocycles. The van der Waals surface area contributed by atoms with Crippen LogP contribution in [0, 0.1) is 0 Å². The second-order valence-electron chi connectivity index (χ2n) is 4.54. The monoisotopic (exact) mass is 232 g/mol. The van der Waals surface area contributed by atoms with E-state index in [0.717, 1.165) is 43.9 Å². The van der Waals surface area contributed by atoms with Gasteiger partial charge in [-0.05, 0) is 23.6 Å². The lowest BCUT2D eigenvalue weighted by molar-refractivity contribution is 0.167. The van der Waals surface area contributed by atoms with Gasteiger partial charge in [-0.25, -0.2) is 4.79 Å². The van der Waals surface area contributed by atoms with Gasteiger partial charge in [-0.3, -0.25) is 0 Å². The first-order valence-corrected chi connectivity index (χ1v) is 6.10. The maximum absolute atomic E-state index is 11.6. The maximum atomic E-state index is 11.6. The molecule has 0 aromatic heterocycles. The normalized spacial score (nSPS) is 17.1. The standard InChI is InChI=1S/C13H16N2O2/c16-13(15-5-1-6-15)14-9-10-2-3-12-11(8-10)4-7-17-12/h2-3,8H,1,4-7,9H2,(H,14,16). The van der Waals surface area contributed by atoms with Crippen LogP contribution >= 0.6 is 0 Å². The van der Waals surface area contributed by atoms with Crippen LogP contribution in [-0.2, 0) is 13.0 Å². The molecular weight excluding hydrogens is 216 g/mol. The first-order valence-electron chi connectivity index (χ1n) is 6.10.